The molecule has 3 heteroatoms. The van der Waals surface area contributed by atoms with E-state index in [4.69, 9.17) is 0 Å². The summed E-state index contributed by atoms with van der Waals surface area (Å²) >= 11 is 0. The molecule has 2 nitrogen and oxygen atoms in total. The van der Waals surface area contributed by atoms with Gasteiger partial charge in [0.15, 0.2) is 0 Å². The van der Waals surface area contributed by atoms with Crippen molar-refractivity contribution in [1.82, 2.24) is 9.78 Å². The molecule has 11 heavy (non-hydrogen) atoms. The third-order valence-electron chi connectivity index (χ3n) is 1.71. The Hall–Kier alpha value is -1.38. The second kappa shape index (κ2) is 2.05. The molecule has 0 atom stereocenters. The number of rotatable bonds is 0. The summed E-state index contributed by atoms with van der Waals surface area (Å²) in [6.07, 6.45) is 0. The molecule has 0 saturated heterocycles. The van der Waals surface area contributed by atoms with Crippen LogP contribution in [0.1, 0.15) is 0 Å². The van der Waals surface area contributed by atoms with E-state index in [1.807, 2.05) is 12.1 Å². The first-order valence-electron chi connectivity index (χ1n) is 3.36. The van der Waals surface area contributed by atoms with Crippen LogP contribution in [0.15, 0.2) is 24.3 Å². The summed E-state index contributed by atoms with van der Waals surface area (Å²) in [5.41, 5.74) is 0.824. The molecule has 1 aromatic carbocycles. The quantitative estimate of drug-likeness (QED) is 0.557. The molecule has 1 aromatic heterocycles. The summed E-state index contributed by atoms with van der Waals surface area (Å²) < 4.78 is 14.4. The molecule has 0 aliphatic rings. The topological polar surface area (TPSA) is 17.8 Å². The number of hydrogen-bond donors (Lipinski definition) is 0. The summed E-state index contributed by atoms with van der Waals surface area (Å²) in [5.74, 6) is -0.400. The third kappa shape index (κ3) is 0.808. The first-order valence-corrected chi connectivity index (χ1v) is 3.36. The van der Waals surface area contributed by atoms with Gasteiger partial charge >= 0.3 is 0 Å². The third-order valence-corrected chi connectivity index (χ3v) is 1.71. The Kier molecular flexibility index (Phi) is 1.18. The van der Waals surface area contributed by atoms with Crippen LogP contribution >= 0.6 is 0 Å². The van der Waals surface area contributed by atoms with Crippen molar-refractivity contribution in [2.75, 3.05) is 0 Å². The molecule has 1 heterocycles. The molecule has 0 aliphatic carbocycles. The number of fused-ring (bicyclic) bond motifs is 1. The summed E-state index contributed by atoms with van der Waals surface area (Å²) in [7, 11) is 1.73. The largest absolute Gasteiger partial charge is 0.265 e. The maximum atomic E-state index is 12.9. The van der Waals surface area contributed by atoms with Gasteiger partial charge in [-0.2, -0.15) is 4.39 Å². The second-order valence-corrected chi connectivity index (χ2v) is 2.43. The van der Waals surface area contributed by atoms with Gasteiger partial charge in [0.1, 0.15) is 0 Å². The number of aryl methyl sites for hydroxylation is 1. The Morgan fingerprint density at radius 2 is 2.09 bits per heavy atom. The fourth-order valence-electron chi connectivity index (χ4n) is 1.17. The van der Waals surface area contributed by atoms with E-state index in [9.17, 15) is 4.39 Å². The van der Waals surface area contributed by atoms with Gasteiger partial charge < -0.3 is 0 Å². The summed E-state index contributed by atoms with van der Waals surface area (Å²) in [5, 5.41) is 4.22. The summed E-state index contributed by atoms with van der Waals surface area (Å²) in [6, 6.07) is 7.22. The van der Waals surface area contributed by atoms with E-state index in [2.05, 4.69) is 5.10 Å². The van der Waals surface area contributed by atoms with Gasteiger partial charge in [-0.25, -0.2) is 0 Å². The zero-order valence-corrected chi connectivity index (χ0v) is 6.08. The van der Waals surface area contributed by atoms with Crippen LogP contribution in [0.3, 0.4) is 0 Å². The van der Waals surface area contributed by atoms with E-state index < -0.39 is 5.95 Å². The molecule has 2 rings (SSSR count). The molecule has 0 aliphatic heterocycles. The van der Waals surface area contributed by atoms with E-state index in [1.165, 1.54) is 4.68 Å². The lowest BCUT2D eigenvalue weighted by atomic mass is 10.2. The van der Waals surface area contributed by atoms with Crippen molar-refractivity contribution >= 4 is 10.9 Å². The van der Waals surface area contributed by atoms with E-state index >= 15 is 0 Å². The van der Waals surface area contributed by atoms with Crippen LogP contribution in [0.4, 0.5) is 4.39 Å². The molecule has 0 radical (unpaired) electrons. The SMILES string of the molecule is Cn1nc([18F])c2ccccc21. The van der Waals surface area contributed by atoms with Crippen molar-refractivity contribution in [3.63, 3.8) is 0 Å². The molecular weight excluding hydrogens is 142 g/mol. The fourth-order valence-corrected chi connectivity index (χ4v) is 1.17. The predicted molar refractivity (Wildman–Crippen MR) is 40.7 cm³/mol. The molecule has 56 valence electrons. The zero-order chi connectivity index (χ0) is 7.84. The van der Waals surface area contributed by atoms with Gasteiger partial charge in [-0.3, -0.25) is 4.68 Å². The van der Waals surface area contributed by atoms with Gasteiger partial charge in [0.05, 0.1) is 10.9 Å². The molecule has 0 unspecified atom stereocenters. The Balaban J connectivity index is 2.95. The monoisotopic (exact) mass is 149 g/mol. The van der Waals surface area contributed by atoms with E-state index in [-0.39, 0.29) is 0 Å². The molecule has 0 saturated carbocycles. The van der Waals surface area contributed by atoms with Crippen molar-refractivity contribution in [3.05, 3.63) is 30.2 Å². The number of aromatic nitrogens is 2. The minimum absolute atomic E-state index is 0.400. The maximum Gasteiger partial charge on any atom is 0.240 e. The van der Waals surface area contributed by atoms with Gasteiger partial charge in [-0.1, -0.05) is 12.1 Å². The molecule has 0 bridgehead atoms. The summed E-state index contributed by atoms with van der Waals surface area (Å²) in [4.78, 5) is 0. The van der Waals surface area contributed by atoms with Gasteiger partial charge in [-0.15, -0.1) is 5.10 Å². The number of benzene rings is 1. The van der Waals surface area contributed by atoms with Gasteiger partial charge in [0.2, 0.25) is 5.95 Å². The second-order valence-electron chi connectivity index (χ2n) is 2.43. The Morgan fingerprint density at radius 1 is 1.36 bits per heavy atom. The Labute approximate surface area is 63.3 Å². The molecule has 0 fully saturated rings. The normalized spacial score (nSPS) is 10.7. The molecule has 2 aromatic rings. The highest BCUT2D eigenvalue weighted by Gasteiger charge is 2.04. The maximum absolute atomic E-state index is 12.9. The summed E-state index contributed by atoms with van der Waals surface area (Å²) in [6.45, 7) is 0. The van der Waals surface area contributed by atoms with Gasteiger partial charge in [0.25, 0.3) is 0 Å². The first-order chi connectivity index (χ1) is 5.29. The van der Waals surface area contributed by atoms with Crippen molar-refractivity contribution in [3.8, 4) is 0 Å². The number of hydrogen-bond acceptors (Lipinski definition) is 1. The highest BCUT2D eigenvalue weighted by atomic mass is 18.2. The minimum atomic E-state index is -0.400. The van der Waals surface area contributed by atoms with Crippen LogP contribution in [0.2, 0.25) is 0 Å². The zero-order valence-electron chi connectivity index (χ0n) is 6.08. The van der Waals surface area contributed by atoms with Crippen LogP contribution in [0.25, 0.3) is 10.9 Å². The van der Waals surface area contributed by atoms with E-state index in [0.717, 1.165) is 5.52 Å². The highest BCUT2D eigenvalue weighted by Crippen LogP contribution is 2.14. The Morgan fingerprint density at radius 3 is 2.82 bits per heavy atom. The number of para-hydroxylation sites is 1. The van der Waals surface area contributed by atoms with Crippen LogP contribution in [-0.4, -0.2) is 9.78 Å². The lowest BCUT2D eigenvalue weighted by Crippen LogP contribution is -1.88. The van der Waals surface area contributed by atoms with Crippen LogP contribution in [-0.2, 0) is 7.05 Å². The Bertz CT molecular complexity index is 356. The van der Waals surface area contributed by atoms with Crippen molar-refractivity contribution in [1.29, 1.82) is 0 Å². The average molecular weight is 149 g/mol. The van der Waals surface area contributed by atoms with Crippen molar-refractivity contribution < 1.29 is 4.39 Å². The van der Waals surface area contributed by atoms with E-state index in [0.29, 0.717) is 5.39 Å². The van der Waals surface area contributed by atoms with Crippen LogP contribution in [0.5, 0.6) is 0 Å². The van der Waals surface area contributed by atoms with Gasteiger partial charge in [-0.05, 0) is 12.1 Å². The van der Waals surface area contributed by atoms with Crippen molar-refractivity contribution in [2.45, 2.75) is 0 Å². The highest BCUT2D eigenvalue weighted by molar-refractivity contribution is 5.78. The van der Waals surface area contributed by atoms with Gasteiger partial charge in [0, 0.05) is 7.05 Å². The molecule has 0 N–H and O–H groups in total. The van der Waals surface area contributed by atoms with Crippen LogP contribution < -0.4 is 0 Å². The van der Waals surface area contributed by atoms with Crippen molar-refractivity contribution in [2.24, 2.45) is 7.05 Å². The standard InChI is InChI=1S/C8H7FN2/c1-11-7-5-3-2-4-6(7)8(9)10-11/h2-5H,1H3/i9-1. The molecular formula is C8H7FN2. The molecule has 0 spiro atoms. The predicted octanol–water partition coefficient (Wildman–Crippen LogP) is 1.71. The minimum Gasteiger partial charge on any atom is -0.265 e. The van der Waals surface area contributed by atoms with E-state index in [1.54, 1.807) is 19.2 Å². The molecule has 0 amide bonds. The lowest BCUT2D eigenvalue weighted by molar-refractivity contribution is 0.562. The lowest BCUT2D eigenvalue weighted by Gasteiger charge is -1.89. The fraction of sp³-hybridized carbons (Fsp3) is 0.125. The number of halogens is 1. The number of nitrogens with zero attached hydrogens (tertiary/aromatic N) is 2. The smallest absolute Gasteiger partial charge is 0.240 e. The first kappa shape index (κ1) is 6.34. The van der Waals surface area contributed by atoms with Crippen LogP contribution in [0, 0.1) is 5.95 Å². The average Bonchev–Trinajstić information content (AvgIpc) is 2.30.